The number of unbranched alkanes of at least 4 members (excludes halogenated alkanes) is 1. The second-order valence-corrected chi connectivity index (χ2v) is 4.30. The van der Waals surface area contributed by atoms with Crippen LogP contribution in [0.4, 0.5) is 0 Å². The van der Waals surface area contributed by atoms with Crippen LogP contribution in [0.5, 0.6) is 0 Å². The maximum atomic E-state index is 11.3. The zero-order valence-electron chi connectivity index (χ0n) is 8.90. The minimum atomic E-state index is -0.379. The number of carbonyl (C=O) groups excluding carboxylic acids is 1. The smallest absolute Gasteiger partial charge is 0.374 e. The average molecular weight is 228 g/mol. The van der Waals surface area contributed by atoms with Crippen molar-refractivity contribution in [2.75, 3.05) is 18.1 Å². The van der Waals surface area contributed by atoms with Crippen LogP contribution in [0, 0.1) is 0 Å². The van der Waals surface area contributed by atoms with Gasteiger partial charge in [0.25, 0.3) is 0 Å². The molecule has 3 nitrogen and oxygen atoms in total. The lowest BCUT2D eigenvalue weighted by Gasteiger charge is -2.02. The monoisotopic (exact) mass is 228 g/mol. The molecule has 4 heteroatoms. The molecule has 0 aliphatic heterocycles. The van der Waals surface area contributed by atoms with E-state index in [1.807, 2.05) is 11.8 Å². The average Bonchev–Trinajstić information content (AvgIpc) is 2.76. The molecule has 0 N–H and O–H groups in total. The van der Waals surface area contributed by atoms with Gasteiger partial charge in [-0.2, -0.15) is 11.8 Å². The summed E-state index contributed by atoms with van der Waals surface area (Å²) in [6.07, 6.45) is 3.89. The Balaban J connectivity index is 2.03. The van der Waals surface area contributed by atoms with Crippen molar-refractivity contribution in [3.63, 3.8) is 0 Å². The summed E-state index contributed by atoms with van der Waals surface area (Å²) in [7, 11) is 0. The third-order valence-corrected chi connectivity index (χ3v) is 2.86. The second kappa shape index (κ2) is 7.40. The number of furan rings is 1. The molecule has 0 unspecified atom stereocenters. The number of ether oxygens (including phenoxy) is 1. The zero-order chi connectivity index (χ0) is 10.9. The van der Waals surface area contributed by atoms with Crippen LogP contribution in [0.1, 0.15) is 30.3 Å². The van der Waals surface area contributed by atoms with Crippen molar-refractivity contribution < 1.29 is 13.9 Å². The molecule has 15 heavy (non-hydrogen) atoms. The summed E-state index contributed by atoms with van der Waals surface area (Å²) in [5.41, 5.74) is 0. The Kier molecular flexibility index (Phi) is 6.00. The standard InChI is InChI=1S/C11H16O3S/c1-2-3-8-15-9-7-14-11(12)10-5-4-6-13-10/h4-6H,2-3,7-9H2,1H3. The van der Waals surface area contributed by atoms with E-state index in [1.165, 1.54) is 19.1 Å². The fourth-order valence-electron chi connectivity index (χ4n) is 1.01. The molecule has 0 aromatic carbocycles. The van der Waals surface area contributed by atoms with E-state index in [1.54, 1.807) is 12.1 Å². The van der Waals surface area contributed by atoms with Gasteiger partial charge in [0.2, 0.25) is 5.76 Å². The van der Waals surface area contributed by atoms with E-state index in [4.69, 9.17) is 9.15 Å². The molecule has 0 aliphatic carbocycles. The Labute approximate surface area is 94.2 Å². The van der Waals surface area contributed by atoms with Gasteiger partial charge < -0.3 is 9.15 Å². The van der Waals surface area contributed by atoms with Crippen molar-refractivity contribution in [2.45, 2.75) is 19.8 Å². The van der Waals surface area contributed by atoms with Crippen LogP contribution < -0.4 is 0 Å². The predicted molar refractivity (Wildman–Crippen MR) is 61.2 cm³/mol. The van der Waals surface area contributed by atoms with E-state index >= 15 is 0 Å². The Morgan fingerprint density at radius 1 is 1.53 bits per heavy atom. The van der Waals surface area contributed by atoms with Crippen molar-refractivity contribution >= 4 is 17.7 Å². The Bertz CT molecular complexity index is 269. The highest BCUT2D eigenvalue weighted by Crippen LogP contribution is 2.06. The van der Waals surface area contributed by atoms with Crippen LogP contribution in [-0.2, 0) is 4.74 Å². The molecule has 1 aromatic rings. The molecular weight excluding hydrogens is 212 g/mol. The first kappa shape index (κ1) is 12.2. The summed E-state index contributed by atoms with van der Waals surface area (Å²) in [5, 5.41) is 0. The number of thioether (sulfide) groups is 1. The highest BCUT2D eigenvalue weighted by atomic mass is 32.2. The molecule has 0 saturated heterocycles. The van der Waals surface area contributed by atoms with Crippen LogP contribution in [0.25, 0.3) is 0 Å². The van der Waals surface area contributed by atoms with Crippen molar-refractivity contribution in [3.8, 4) is 0 Å². The maximum Gasteiger partial charge on any atom is 0.374 e. The van der Waals surface area contributed by atoms with Crippen LogP contribution in [-0.4, -0.2) is 24.1 Å². The number of carbonyl (C=O) groups is 1. The quantitative estimate of drug-likeness (QED) is 0.531. The van der Waals surface area contributed by atoms with Crippen molar-refractivity contribution in [2.24, 2.45) is 0 Å². The lowest BCUT2D eigenvalue weighted by molar-refractivity contribution is 0.0494. The third kappa shape index (κ3) is 4.93. The van der Waals surface area contributed by atoms with Crippen molar-refractivity contribution in [3.05, 3.63) is 24.2 Å². The SMILES string of the molecule is CCCCSCCOC(=O)c1ccco1. The number of esters is 1. The van der Waals surface area contributed by atoms with Crippen LogP contribution >= 0.6 is 11.8 Å². The molecule has 1 rings (SSSR count). The highest BCUT2D eigenvalue weighted by molar-refractivity contribution is 7.99. The van der Waals surface area contributed by atoms with Gasteiger partial charge in [-0.05, 0) is 24.3 Å². The molecule has 0 radical (unpaired) electrons. The van der Waals surface area contributed by atoms with Crippen molar-refractivity contribution in [1.29, 1.82) is 0 Å². The lowest BCUT2D eigenvalue weighted by Crippen LogP contribution is -2.06. The Morgan fingerprint density at radius 3 is 3.07 bits per heavy atom. The number of rotatable bonds is 7. The molecule has 0 atom stereocenters. The van der Waals surface area contributed by atoms with Gasteiger partial charge in [0.15, 0.2) is 0 Å². The van der Waals surface area contributed by atoms with Gasteiger partial charge in [-0.25, -0.2) is 4.79 Å². The Morgan fingerprint density at radius 2 is 2.40 bits per heavy atom. The van der Waals surface area contributed by atoms with Gasteiger partial charge in [-0.1, -0.05) is 13.3 Å². The van der Waals surface area contributed by atoms with Gasteiger partial charge in [-0.3, -0.25) is 0 Å². The largest absolute Gasteiger partial charge is 0.459 e. The summed E-state index contributed by atoms with van der Waals surface area (Å²) < 4.78 is 9.92. The van der Waals surface area contributed by atoms with E-state index < -0.39 is 0 Å². The topological polar surface area (TPSA) is 39.4 Å². The fourth-order valence-corrected chi connectivity index (χ4v) is 1.91. The van der Waals surface area contributed by atoms with Gasteiger partial charge in [0, 0.05) is 5.75 Å². The summed E-state index contributed by atoms with van der Waals surface area (Å²) >= 11 is 1.81. The normalized spacial score (nSPS) is 10.2. The second-order valence-electron chi connectivity index (χ2n) is 3.08. The highest BCUT2D eigenvalue weighted by Gasteiger charge is 2.08. The summed E-state index contributed by atoms with van der Waals surface area (Å²) in [6, 6.07) is 3.28. The van der Waals surface area contributed by atoms with E-state index in [0.29, 0.717) is 6.61 Å². The number of hydrogen-bond acceptors (Lipinski definition) is 4. The van der Waals surface area contributed by atoms with E-state index in [9.17, 15) is 4.79 Å². The first-order valence-electron chi connectivity index (χ1n) is 5.13. The maximum absolute atomic E-state index is 11.3. The molecule has 84 valence electrons. The first-order chi connectivity index (χ1) is 7.34. The molecular formula is C11H16O3S. The van der Waals surface area contributed by atoms with Crippen LogP contribution in [0.3, 0.4) is 0 Å². The van der Waals surface area contributed by atoms with Gasteiger partial charge in [-0.15, -0.1) is 0 Å². The van der Waals surface area contributed by atoms with E-state index in [2.05, 4.69) is 6.92 Å². The first-order valence-corrected chi connectivity index (χ1v) is 6.28. The lowest BCUT2D eigenvalue weighted by atomic mass is 10.4. The summed E-state index contributed by atoms with van der Waals surface area (Å²) in [4.78, 5) is 11.3. The van der Waals surface area contributed by atoms with Crippen LogP contribution in [0.2, 0.25) is 0 Å². The minimum Gasteiger partial charge on any atom is -0.459 e. The Hall–Kier alpha value is -0.900. The molecule has 0 spiro atoms. The molecule has 1 heterocycles. The zero-order valence-corrected chi connectivity index (χ0v) is 9.72. The van der Waals surface area contributed by atoms with Crippen LogP contribution in [0.15, 0.2) is 22.8 Å². The molecule has 0 aliphatic rings. The molecule has 0 fully saturated rings. The minimum absolute atomic E-state index is 0.272. The van der Waals surface area contributed by atoms with E-state index in [0.717, 1.165) is 11.5 Å². The molecule has 0 saturated carbocycles. The summed E-state index contributed by atoms with van der Waals surface area (Å²) in [6.45, 7) is 2.62. The van der Waals surface area contributed by atoms with Gasteiger partial charge in [0.05, 0.1) is 6.26 Å². The molecule has 0 amide bonds. The fraction of sp³-hybridized carbons (Fsp3) is 0.545. The van der Waals surface area contributed by atoms with E-state index in [-0.39, 0.29) is 11.7 Å². The third-order valence-electron chi connectivity index (χ3n) is 1.83. The molecule has 1 aromatic heterocycles. The number of hydrogen-bond donors (Lipinski definition) is 0. The van der Waals surface area contributed by atoms with Gasteiger partial charge >= 0.3 is 5.97 Å². The predicted octanol–water partition coefficient (Wildman–Crippen LogP) is 2.97. The van der Waals surface area contributed by atoms with Gasteiger partial charge in [0.1, 0.15) is 6.61 Å². The summed E-state index contributed by atoms with van der Waals surface area (Å²) in [5.74, 6) is 1.88. The molecule has 0 bridgehead atoms. The van der Waals surface area contributed by atoms with Crippen molar-refractivity contribution in [1.82, 2.24) is 0 Å².